The van der Waals surface area contributed by atoms with Gasteiger partial charge in [0.25, 0.3) is 0 Å². The van der Waals surface area contributed by atoms with Gasteiger partial charge in [0.1, 0.15) is 0 Å². The maximum atomic E-state index is 10.5. The van der Waals surface area contributed by atoms with E-state index in [1.54, 1.807) is 6.08 Å². The third-order valence-electron chi connectivity index (χ3n) is 4.05. The van der Waals surface area contributed by atoms with Crippen molar-refractivity contribution in [2.24, 2.45) is 5.92 Å². The summed E-state index contributed by atoms with van der Waals surface area (Å²) in [5, 5.41) is 10.5. The van der Waals surface area contributed by atoms with Crippen molar-refractivity contribution in [3.05, 3.63) is 24.3 Å². The molecule has 0 aliphatic heterocycles. The summed E-state index contributed by atoms with van der Waals surface area (Å²) in [5.74, 6) is 0.365. The standard InChI is InChI=1S/C14H22O/c1-2-14(15)11-7-6-10-13(14)12-8-4-3-5-9-12/h2,8,13,15H,1,3-7,9-11H2/t13-,14-/m1/s1. The summed E-state index contributed by atoms with van der Waals surface area (Å²) in [5.41, 5.74) is 0.893. The molecule has 0 bridgehead atoms. The van der Waals surface area contributed by atoms with Crippen molar-refractivity contribution < 1.29 is 5.11 Å². The van der Waals surface area contributed by atoms with Crippen LogP contribution >= 0.6 is 0 Å². The number of hydrogen-bond donors (Lipinski definition) is 1. The monoisotopic (exact) mass is 206 g/mol. The molecule has 1 fully saturated rings. The van der Waals surface area contributed by atoms with Gasteiger partial charge in [-0.3, -0.25) is 0 Å². The van der Waals surface area contributed by atoms with E-state index in [1.165, 1.54) is 37.7 Å². The molecule has 2 aliphatic rings. The first-order valence-corrected chi connectivity index (χ1v) is 6.31. The zero-order valence-electron chi connectivity index (χ0n) is 9.54. The van der Waals surface area contributed by atoms with Gasteiger partial charge in [-0.05, 0) is 38.5 Å². The number of hydrogen-bond acceptors (Lipinski definition) is 1. The van der Waals surface area contributed by atoms with Crippen LogP contribution in [0, 0.1) is 5.92 Å². The van der Waals surface area contributed by atoms with Crippen LogP contribution in [0.2, 0.25) is 0 Å². The predicted molar refractivity (Wildman–Crippen MR) is 63.7 cm³/mol. The minimum Gasteiger partial charge on any atom is -0.385 e. The molecule has 0 aromatic carbocycles. The normalized spacial score (nSPS) is 37.1. The average Bonchev–Trinajstić information content (AvgIpc) is 2.31. The topological polar surface area (TPSA) is 20.2 Å². The first-order valence-electron chi connectivity index (χ1n) is 6.31. The lowest BCUT2D eigenvalue weighted by atomic mass is 9.70. The van der Waals surface area contributed by atoms with Gasteiger partial charge in [0, 0.05) is 5.92 Å². The molecule has 0 aromatic rings. The fourth-order valence-electron chi connectivity index (χ4n) is 3.11. The van der Waals surface area contributed by atoms with E-state index in [-0.39, 0.29) is 0 Å². The van der Waals surface area contributed by atoms with E-state index in [0.717, 1.165) is 19.3 Å². The third-order valence-corrected chi connectivity index (χ3v) is 4.05. The van der Waals surface area contributed by atoms with Gasteiger partial charge in [-0.2, -0.15) is 0 Å². The lowest BCUT2D eigenvalue weighted by Gasteiger charge is -2.40. The van der Waals surface area contributed by atoms with Gasteiger partial charge in [-0.25, -0.2) is 0 Å². The zero-order valence-corrected chi connectivity index (χ0v) is 9.54. The van der Waals surface area contributed by atoms with E-state index in [2.05, 4.69) is 12.7 Å². The molecule has 0 aromatic heterocycles. The first kappa shape index (κ1) is 10.9. The van der Waals surface area contributed by atoms with Crippen LogP contribution < -0.4 is 0 Å². The lowest BCUT2D eigenvalue weighted by molar-refractivity contribution is 0.00943. The smallest absolute Gasteiger partial charge is 0.0890 e. The van der Waals surface area contributed by atoms with Crippen LogP contribution in [-0.4, -0.2) is 10.7 Å². The summed E-state index contributed by atoms with van der Waals surface area (Å²) in [7, 11) is 0. The first-order chi connectivity index (χ1) is 7.26. The second-order valence-electron chi connectivity index (χ2n) is 5.02. The molecule has 2 aliphatic carbocycles. The highest BCUT2D eigenvalue weighted by atomic mass is 16.3. The highest BCUT2D eigenvalue weighted by Gasteiger charge is 2.38. The summed E-state index contributed by atoms with van der Waals surface area (Å²) in [6.45, 7) is 3.82. The Labute approximate surface area is 92.9 Å². The van der Waals surface area contributed by atoms with E-state index >= 15 is 0 Å². The summed E-state index contributed by atoms with van der Waals surface area (Å²) in [6.07, 6.45) is 13.6. The van der Waals surface area contributed by atoms with Crippen molar-refractivity contribution in [2.45, 2.75) is 57.0 Å². The van der Waals surface area contributed by atoms with Crippen LogP contribution in [0.5, 0.6) is 0 Å². The Morgan fingerprint density at radius 1 is 1.33 bits per heavy atom. The Morgan fingerprint density at radius 2 is 2.20 bits per heavy atom. The summed E-state index contributed by atoms with van der Waals surface area (Å²) in [4.78, 5) is 0. The molecule has 0 spiro atoms. The third kappa shape index (κ3) is 2.17. The second kappa shape index (κ2) is 4.52. The van der Waals surface area contributed by atoms with Crippen molar-refractivity contribution in [2.75, 3.05) is 0 Å². The molecule has 2 rings (SSSR count). The van der Waals surface area contributed by atoms with E-state index in [4.69, 9.17) is 0 Å². The van der Waals surface area contributed by atoms with E-state index in [9.17, 15) is 5.11 Å². The molecule has 1 nitrogen and oxygen atoms in total. The van der Waals surface area contributed by atoms with Gasteiger partial charge < -0.3 is 5.11 Å². The predicted octanol–water partition coefficient (Wildman–Crippen LogP) is 3.59. The Morgan fingerprint density at radius 3 is 2.87 bits per heavy atom. The van der Waals surface area contributed by atoms with Crippen LogP contribution in [0.4, 0.5) is 0 Å². The average molecular weight is 206 g/mol. The highest BCUT2D eigenvalue weighted by Crippen LogP contribution is 2.41. The molecule has 1 saturated carbocycles. The summed E-state index contributed by atoms with van der Waals surface area (Å²) in [6, 6.07) is 0. The van der Waals surface area contributed by atoms with Gasteiger partial charge >= 0.3 is 0 Å². The maximum Gasteiger partial charge on any atom is 0.0890 e. The molecule has 84 valence electrons. The molecule has 1 N–H and O–H groups in total. The number of rotatable bonds is 2. The minimum atomic E-state index is -0.610. The Hall–Kier alpha value is -0.560. The van der Waals surface area contributed by atoms with E-state index < -0.39 is 5.60 Å². The molecule has 0 saturated heterocycles. The Bertz CT molecular complexity index is 267. The van der Waals surface area contributed by atoms with Crippen molar-refractivity contribution in [3.8, 4) is 0 Å². The molecule has 0 amide bonds. The largest absolute Gasteiger partial charge is 0.385 e. The van der Waals surface area contributed by atoms with Gasteiger partial charge in [0.15, 0.2) is 0 Å². The lowest BCUT2D eigenvalue weighted by Crippen LogP contribution is -2.39. The molecule has 0 heterocycles. The second-order valence-corrected chi connectivity index (χ2v) is 5.02. The quantitative estimate of drug-likeness (QED) is 0.684. The van der Waals surface area contributed by atoms with Crippen molar-refractivity contribution in [3.63, 3.8) is 0 Å². The molecule has 0 radical (unpaired) electrons. The fraction of sp³-hybridized carbons (Fsp3) is 0.714. The minimum absolute atomic E-state index is 0.365. The molecule has 2 atom stereocenters. The van der Waals surface area contributed by atoms with E-state index in [0.29, 0.717) is 5.92 Å². The van der Waals surface area contributed by atoms with Crippen molar-refractivity contribution in [1.29, 1.82) is 0 Å². The van der Waals surface area contributed by atoms with Crippen molar-refractivity contribution >= 4 is 0 Å². The van der Waals surface area contributed by atoms with Crippen LogP contribution in [0.15, 0.2) is 24.3 Å². The SMILES string of the molecule is C=C[C@@]1(O)CCCC[C@@H]1C1=CCCCC1. The maximum absolute atomic E-state index is 10.5. The number of aliphatic hydroxyl groups is 1. The molecule has 1 heteroatoms. The van der Waals surface area contributed by atoms with E-state index in [1.807, 2.05) is 0 Å². The molecular weight excluding hydrogens is 184 g/mol. The zero-order chi connectivity index (χ0) is 10.7. The summed E-state index contributed by atoms with van der Waals surface area (Å²) < 4.78 is 0. The van der Waals surface area contributed by atoms with Crippen LogP contribution in [0.1, 0.15) is 51.4 Å². The van der Waals surface area contributed by atoms with Gasteiger partial charge in [0.2, 0.25) is 0 Å². The molecule has 0 unspecified atom stereocenters. The van der Waals surface area contributed by atoms with Crippen molar-refractivity contribution in [1.82, 2.24) is 0 Å². The fourth-order valence-corrected chi connectivity index (χ4v) is 3.11. The van der Waals surface area contributed by atoms with Crippen LogP contribution in [0.25, 0.3) is 0 Å². The molecular formula is C14H22O. The summed E-state index contributed by atoms with van der Waals surface area (Å²) >= 11 is 0. The van der Waals surface area contributed by atoms with Gasteiger partial charge in [-0.1, -0.05) is 30.6 Å². The number of allylic oxidation sites excluding steroid dienone is 1. The van der Waals surface area contributed by atoms with Crippen LogP contribution in [0.3, 0.4) is 0 Å². The van der Waals surface area contributed by atoms with Gasteiger partial charge in [0.05, 0.1) is 5.60 Å². The highest BCUT2D eigenvalue weighted by molar-refractivity contribution is 5.19. The van der Waals surface area contributed by atoms with Gasteiger partial charge in [-0.15, -0.1) is 6.58 Å². The van der Waals surface area contributed by atoms with Crippen LogP contribution in [-0.2, 0) is 0 Å². The Balaban J connectivity index is 2.17. The molecule has 15 heavy (non-hydrogen) atoms. The Kier molecular flexibility index (Phi) is 3.30.